The minimum absolute atomic E-state index is 0.0142. The Hall–Kier alpha value is -1.47. The van der Waals surface area contributed by atoms with Gasteiger partial charge in [0.1, 0.15) is 6.54 Å². The third-order valence-electron chi connectivity index (χ3n) is 2.40. The molecule has 96 valence electrons. The van der Waals surface area contributed by atoms with E-state index in [0.29, 0.717) is 18.8 Å². The molecule has 0 radical (unpaired) electrons. The Balaban J connectivity index is 2.42. The van der Waals surface area contributed by atoms with Gasteiger partial charge in [-0.2, -0.15) is 0 Å². The molecule has 0 aliphatic carbocycles. The molecule has 0 unspecified atom stereocenters. The third-order valence-corrected chi connectivity index (χ3v) is 2.40. The monoisotopic (exact) mass is 240 g/mol. The molecule has 1 heterocycles. The van der Waals surface area contributed by atoms with E-state index in [2.05, 4.69) is 10.3 Å². The summed E-state index contributed by atoms with van der Waals surface area (Å²) < 4.78 is 1.51. The minimum Gasteiger partial charge on any atom is -0.343 e. The van der Waals surface area contributed by atoms with Gasteiger partial charge in [-0.3, -0.25) is 4.79 Å². The lowest BCUT2D eigenvalue weighted by atomic mass is 10.4. The van der Waals surface area contributed by atoms with Gasteiger partial charge in [0.25, 0.3) is 0 Å². The maximum absolute atomic E-state index is 11.8. The van der Waals surface area contributed by atoms with Gasteiger partial charge in [0.15, 0.2) is 0 Å². The van der Waals surface area contributed by atoms with Gasteiger partial charge < -0.3 is 15.5 Å². The molecule has 0 aliphatic heterocycles. The molecule has 17 heavy (non-hydrogen) atoms. The van der Waals surface area contributed by atoms with E-state index < -0.39 is 0 Å². The average molecular weight is 240 g/mol. The van der Waals surface area contributed by atoms with Crippen molar-refractivity contribution in [3.05, 3.63) is 11.9 Å². The number of amides is 1. The van der Waals surface area contributed by atoms with E-state index in [1.807, 2.05) is 19.0 Å². The van der Waals surface area contributed by atoms with Crippen LogP contribution in [-0.4, -0.2) is 64.9 Å². The van der Waals surface area contributed by atoms with Crippen LogP contribution in [0.15, 0.2) is 6.20 Å². The van der Waals surface area contributed by atoms with Crippen molar-refractivity contribution < 1.29 is 4.79 Å². The predicted molar refractivity (Wildman–Crippen MR) is 64.1 cm³/mol. The van der Waals surface area contributed by atoms with Gasteiger partial charge >= 0.3 is 0 Å². The fraction of sp³-hybridized carbons (Fsp3) is 0.700. The Kier molecular flexibility index (Phi) is 5.05. The van der Waals surface area contributed by atoms with Crippen LogP contribution in [0.5, 0.6) is 0 Å². The van der Waals surface area contributed by atoms with E-state index in [9.17, 15) is 4.79 Å². The summed E-state index contributed by atoms with van der Waals surface area (Å²) in [5.74, 6) is 0.0142. The van der Waals surface area contributed by atoms with Crippen LogP contribution in [-0.2, 0) is 17.9 Å². The molecule has 0 bridgehead atoms. The van der Waals surface area contributed by atoms with E-state index in [4.69, 9.17) is 5.73 Å². The molecule has 0 atom stereocenters. The van der Waals surface area contributed by atoms with Crippen LogP contribution in [0.1, 0.15) is 5.69 Å². The van der Waals surface area contributed by atoms with Crippen LogP contribution in [0.25, 0.3) is 0 Å². The van der Waals surface area contributed by atoms with Gasteiger partial charge in [0.2, 0.25) is 5.91 Å². The molecule has 7 nitrogen and oxygen atoms in total. The molecule has 7 heteroatoms. The number of rotatable bonds is 6. The molecule has 0 saturated heterocycles. The Labute approximate surface area is 101 Å². The lowest BCUT2D eigenvalue weighted by Crippen LogP contribution is -2.35. The fourth-order valence-corrected chi connectivity index (χ4v) is 1.24. The molecule has 0 aliphatic rings. The van der Waals surface area contributed by atoms with E-state index in [1.165, 1.54) is 4.68 Å². The molecular weight excluding hydrogens is 220 g/mol. The van der Waals surface area contributed by atoms with Crippen molar-refractivity contribution in [2.24, 2.45) is 5.73 Å². The van der Waals surface area contributed by atoms with Crippen molar-refractivity contribution in [2.45, 2.75) is 13.1 Å². The molecule has 1 aromatic heterocycles. The minimum atomic E-state index is 0.0142. The van der Waals surface area contributed by atoms with Crippen molar-refractivity contribution >= 4 is 5.91 Å². The Morgan fingerprint density at radius 2 is 2.12 bits per heavy atom. The first-order chi connectivity index (χ1) is 8.02. The number of nitrogens with zero attached hydrogens (tertiary/aromatic N) is 5. The largest absolute Gasteiger partial charge is 0.343 e. The van der Waals surface area contributed by atoms with Gasteiger partial charge in [-0.1, -0.05) is 5.21 Å². The highest BCUT2D eigenvalue weighted by molar-refractivity contribution is 5.75. The molecule has 1 amide bonds. The Morgan fingerprint density at radius 1 is 1.41 bits per heavy atom. The van der Waals surface area contributed by atoms with Crippen LogP contribution in [0.2, 0.25) is 0 Å². The summed E-state index contributed by atoms with van der Waals surface area (Å²) in [5, 5.41) is 7.66. The van der Waals surface area contributed by atoms with Gasteiger partial charge in [0.05, 0.1) is 11.9 Å². The number of carbonyl (C=O) groups is 1. The van der Waals surface area contributed by atoms with Gasteiger partial charge in [0, 0.05) is 26.7 Å². The zero-order valence-corrected chi connectivity index (χ0v) is 10.6. The standard InChI is InChI=1S/C10H20N6O/c1-14(2)4-5-15(3)10(17)8-16-7-9(6-11)12-13-16/h7H,4-6,8,11H2,1-3H3. The van der Waals surface area contributed by atoms with Crippen molar-refractivity contribution in [3.63, 3.8) is 0 Å². The van der Waals surface area contributed by atoms with Crippen LogP contribution >= 0.6 is 0 Å². The number of aromatic nitrogens is 3. The Bertz CT molecular complexity index is 361. The van der Waals surface area contributed by atoms with Gasteiger partial charge in [-0.25, -0.2) is 4.68 Å². The number of likely N-dealkylation sites (N-methyl/N-ethyl adjacent to an activating group) is 2. The number of carbonyl (C=O) groups excluding carboxylic acids is 1. The van der Waals surface area contributed by atoms with E-state index in [0.717, 1.165) is 6.54 Å². The second-order valence-electron chi connectivity index (χ2n) is 4.23. The SMILES string of the molecule is CN(C)CCN(C)C(=O)Cn1cc(CN)nn1. The predicted octanol–water partition coefficient (Wildman–Crippen LogP) is -1.24. The van der Waals surface area contributed by atoms with Crippen molar-refractivity contribution in [1.29, 1.82) is 0 Å². The number of hydrogen-bond acceptors (Lipinski definition) is 5. The highest BCUT2D eigenvalue weighted by Gasteiger charge is 2.10. The smallest absolute Gasteiger partial charge is 0.244 e. The normalized spacial score (nSPS) is 10.9. The fourth-order valence-electron chi connectivity index (χ4n) is 1.24. The summed E-state index contributed by atoms with van der Waals surface area (Å²) in [4.78, 5) is 15.5. The maximum atomic E-state index is 11.8. The second-order valence-corrected chi connectivity index (χ2v) is 4.23. The highest BCUT2D eigenvalue weighted by Crippen LogP contribution is 1.94. The number of nitrogens with two attached hydrogens (primary N) is 1. The summed E-state index contributed by atoms with van der Waals surface area (Å²) in [6.07, 6.45) is 1.69. The van der Waals surface area contributed by atoms with Crippen LogP contribution in [0.3, 0.4) is 0 Å². The summed E-state index contributed by atoms with van der Waals surface area (Å²) in [7, 11) is 5.74. The number of hydrogen-bond donors (Lipinski definition) is 1. The zero-order valence-electron chi connectivity index (χ0n) is 10.6. The molecule has 2 N–H and O–H groups in total. The summed E-state index contributed by atoms with van der Waals surface area (Å²) >= 11 is 0. The summed E-state index contributed by atoms with van der Waals surface area (Å²) in [6.45, 7) is 2.08. The third kappa shape index (κ3) is 4.49. The zero-order chi connectivity index (χ0) is 12.8. The average Bonchev–Trinajstić information content (AvgIpc) is 2.73. The lowest BCUT2D eigenvalue weighted by Gasteiger charge is -2.19. The first-order valence-corrected chi connectivity index (χ1v) is 5.50. The summed E-state index contributed by atoms with van der Waals surface area (Å²) in [5.41, 5.74) is 6.11. The highest BCUT2D eigenvalue weighted by atomic mass is 16.2. The van der Waals surface area contributed by atoms with Crippen molar-refractivity contribution in [3.8, 4) is 0 Å². The second kappa shape index (κ2) is 6.31. The molecule has 1 aromatic rings. The molecule has 0 spiro atoms. The molecular formula is C10H20N6O. The quantitative estimate of drug-likeness (QED) is 0.672. The van der Waals surface area contributed by atoms with Crippen molar-refractivity contribution in [1.82, 2.24) is 24.8 Å². The topological polar surface area (TPSA) is 80.3 Å². The van der Waals surface area contributed by atoms with Gasteiger partial charge in [-0.05, 0) is 14.1 Å². The molecule has 1 rings (SSSR count). The summed E-state index contributed by atoms with van der Waals surface area (Å²) in [6, 6.07) is 0. The molecule has 0 saturated carbocycles. The van der Waals surface area contributed by atoms with Crippen molar-refractivity contribution in [2.75, 3.05) is 34.2 Å². The van der Waals surface area contributed by atoms with Crippen LogP contribution in [0, 0.1) is 0 Å². The van der Waals surface area contributed by atoms with Crippen LogP contribution in [0.4, 0.5) is 0 Å². The van der Waals surface area contributed by atoms with E-state index >= 15 is 0 Å². The van der Waals surface area contributed by atoms with Crippen LogP contribution < -0.4 is 5.73 Å². The first kappa shape index (κ1) is 13.6. The van der Waals surface area contributed by atoms with E-state index in [1.54, 1.807) is 18.1 Å². The maximum Gasteiger partial charge on any atom is 0.244 e. The molecule has 0 aromatic carbocycles. The van der Waals surface area contributed by atoms with E-state index in [-0.39, 0.29) is 12.5 Å². The molecule has 0 fully saturated rings. The lowest BCUT2D eigenvalue weighted by molar-refractivity contribution is -0.130. The first-order valence-electron chi connectivity index (χ1n) is 5.50. The van der Waals surface area contributed by atoms with Gasteiger partial charge in [-0.15, -0.1) is 5.10 Å². The Morgan fingerprint density at radius 3 is 2.65 bits per heavy atom.